The largest absolute Gasteiger partial charge is 0.354 e. The smallest absolute Gasteiger partial charge is 0.232 e. The van der Waals surface area contributed by atoms with Crippen LogP contribution in [0.15, 0.2) is 24.3 Å². The molecule has 1 rings (SSSR count). The molecular weight excluding hydrogens is 312 g/mol. The zero-order valence-electron chi connectivity index (χ0n) is 12.5. The first-order valence-corrected chi connectivity index (χ1v) is 9.00. The highest BCUT2D eigenvalue weighted by Gasteiger charge is 2.20. The van der Waals surface area contributed by atoms with Crippen LogP contribution in [0.2, 0.25) is 5.02 Å². The van der Waals surface area contributed by atoms with Crippen molar-refractivity contribution in [1.29, 1.82) is 0 Å². The average Bonchev–Trinajstić information content (AvgIpc) is 2.39. The molecule has 1 aromatic rings. The number of rotatable bonds is 7. The fourth-order valence-electron chi connectivity index (χ4n) is 1.77. The Kier molecular flexibility index (Phi) is 6.48. The third-order valence-electron chi connectivity index (χ3n) is 3.08. The van der Waals surface area contributed by atoms with Crippen LogP contribution in [0.3, 0.4) is 0 Å². The number of nitrogens with zero attached hydrogens (tertiary/aromatic N) is 1. The summed E-state index contributed by atoms with van der Waals surface area (Å²) < 4.78 is 25.0. The van der Waals surface area contributed by atoms with Crippen LogP contribution < -0.4 is 9.62 Å². The van der Waals surface area contributed by atoms with E-state index in [-0.39, 0.29) is 24.9 Å². The molecule has 0 fully saturated rings. The van der Waals surface area contributed by atoms with E-state index in [9.17, 15) is 13.2 Å². The second-order valence-corrected chi connectivity index (χ2v) is 7.23. The van der Waals surface area contributed by atoms with E-state index in [1.54, 1.807) is 24.3 Å². The predicted octanol–water partition coefficient (Wildman–Crippen LogP) is 2.41. The van der Waals surface area contributed by atoms with Gasteiger partial charge in [0.1, 0.15) is 0 Å². The van der Waals surface area contributed by atoms with E-state index in [2.05, 4.69) is 5.32 Å². The summed E-state index contributed by atoms with van der Waals surface area (Å²) in [5.41, 5.74) is 0.387. The number of anilines is 1. The number of halogens is 1. The highest BCUT2D eigenvalue weighted by molar-refractivity contribution is 7.92. The first-order valence-electron chi connectivity index (χ1n) is 6.77. The number of carbonyl (C=O) groups excluding carboxylic acids is 1. The number of carbonyl (C=O) groups is 1. The summed E-state index contributed by atoms with van der Waals surface area (Å²) in [6.45, 7) is 3.93. The third kappa shape index (κ3) is 5.55. The van der Waals surface area contributed by atoms with E-state index < -0.39 is 10.0 Å². The Morgan fingerprint density at radius 2 is 2.00 bits per heavy atom. The third-order valence-corrected chi connectivity index (χ3v) is 4.58. The van der Waals surface area contributed by atoms with Gasteiger partial charge in [-0.05, 0) is 25.5 Å². The molecular formula is C14H21ClN2O3S. The second-order valence-electron chi connectivity index (χ2n) is 4.91. The Morgan fingerprint density at radius 3 is 2.52 bits per heavy atom. The molecule has 118 valence electrons. The molecule has 0 aliphatic rings. The first-order chi connectivity index (χ1) is 9.75. The maximum absolute atomic E-state index is 11.9. The maximum atomic E-state index is 11.9. The summed E-state index contributed by atoms with van der Waals surface area (Å²) in [4.78, 5) is 11.8. The molecule has 7 heteroatoms. The van der Waals surface area contributed by atoms with Crippen molar-refractivity contribution in [2.45, 2.75) is 32.7 Å². The van der Waals surface area contributed by atoms with Crippen molar-refractivity contribution in [1.82, 2.24) is 5.32 Å². The van der Waals surface area contributed by atoms with Crippen LogP contribution in [-0.2, 0) is 14.8 Å². The Hall–Kier alpha value is -1.27. The molecule has 1 unspecified atom stereocenters. The summed E-state index contributed by atoms with van der Waals surface area (Å²) in [7, 11) is -3.50. The lowest BCUT2D eigenvalue weighted by Gasteiger charge is -2.23. The van der Waals surface area contributed by atoms with Gasteiger partial charge >= 0.3 is 0 Å². The Morgan fingerprint density at radius 1 is 1.38 bits per heavy atom. The number of amides is 1. The highest BCUT2D eigenvalue weighted by atomic mass is 35.5. The molecule has 0 radical (unpaired) electrons. The van der Waals surface area contributed by atoms with Crippen LogP contribution in [-0.4, -0.2) is 33.2 Å². The molecule has 21 heavy (non-hydrogen) atoms. The van der Waals surface area contributed by atoms with Gasteiger partial charge in [0.15, 0.2) is 0 Å². The molecule has 0 aliphatic carbocycles. The number of sulfonamides is 1. The quantitative estimate of drug-likeness (QED) is 0.833. The lowest BCUT2D eigenvalue weighted by atomic mass is 10.2. The van der Waals surface area contributed by atoms with Crippen LogP contribution in [0.5, 0.6) is 0 Å². The molecule has 1 aromatic carbocycles. The predicted molar refractivity (Wildman–Crippen MR) is 86.2 cm³/mol. The molecule has 0 bridgehead atoms. The number of nitrogens with one attached hydrogen (secondary N) is 1. The van der Waals surface area contributed by atoms with Gasteiger partial charge in [0.2, 0.25) is 15.9 Å². The molecule has 1 atom stereocenters. The van der Waals surface area contributed by atoms with Crippen LogP contribution in [0.1, 0.15) is 26.7 Å². The summed E-state index contributed by atoms with van der Waals surface area (Å²) in [5, 5.41) is 3.15. The Balaban J connectivity index is 2.83. The van der Waals surface area contributed by atoms with Crippen LogP contribution in [0.25, 0.3) is 0 Å². The van der Waals surface area contributed by atoms with Crippen molar-refractivity contribution in [3.05, 3.63) is 29.3 Å². The summed E-state index contributed by atoms with van der Waals surface area (Å²) >= 11 is 6.04. The monoisotopic (exact) mass is 332 g/mol. The number of hydrogen-bond acceptors (Lipinski definition) is 3. The van der Waals surface area contributed by atoms with Gasteiger partial charge in [-0.3, -0.25) is 9.10 Å². The van der Waals surface area contributed by atoms with Gasteiger partial charge in [-0.25, -0.2) is 8.42 Å². The van der Waals surface area contributed by atoms with E-state index in [1.165, 1.54) is 0 Å². The van der Waals surface area contributed by atoms with Gasteiger partial charge < -0.3 is 5.32 Å². The van der Waals surface area contributed by atoms with Gasteiger partial charge in [0.25, 0.3) is 0 Å². The van der Waals surface area contributed by atoms with Gasteiger partial charge in [-0.2, -0.15) is 0 Å². The summed E-state index contributed by atoms with van der Waals surface area (Å²) in [5.74, 6) is -0.176. The minimum Gasteiger partial charge on any atom is -0.354 e. The number of hydrogen-bond donors (Lipinski definition) is 1. The molecule has 0 spiro atoms. The summed E-state index contributed by atoms with van der Waals surface area (Å²) in [6, 6.07) is 6.75. The van der Waals surface area contributed by atoms with Crippen molar-refractivity contribution in [2.75, 3.05) is 17.1 Å². The van der Waals surface area contributed by atoms with E-state index in [0.29, 0.717) is 10.7 Å². The summed E-state index contributed by atoms with van der Waals surface area (Å²) in [6.07, 6.45) is 2.01. The van der Waals surface area contributed by atoms with Gasteiger partial charge in [0.05, 0.1) is 17.0 Å². The molecule has 0 saturated heterocycles. The standard InChI is InChI=1S/C14H21ClN2O3S/c1-4-11(2)16-14(18)9-10-17(21(3,19)20)13-8-6-5-7-12(13)15/h5-8,11H,4,9-10H2,1-3H3,(H,16,18). The highest BCUT2D eigenvalue weighted by Crippen LogP contribution is 2.27. The fraction of sp³-hybridized carbons (Fsp3) is 0.500. The van der Waals surface area contributed by atoms with Crippen molar-refractivity contribution in [3.8, 4) is 0 Å². The van der Waals surface area contributed by atoms with Crippen LogP contribution in [0, 0.1) is 0 Å². The number of para-hydroxylation sites is 1. The van der Waals surface area contributed by atoms with E-state index >= 15 is 0 Å². The van der Waals surface area contributed by atoms with Gasteiger partial charge in [-0.15, -0.1) is 0 Å². The second kappa shape index (κ2) is 7.66. The molecule has 0 aromatic heterocycles. The van der Waals surface area contributed by atoms with Crippen molar-refractivity contribution < 1.29 is 13.2 Å². The van der Waals surface area contributed by atoms with E-state index in [4.69, 9.17) is 11.6 Å². The molecule has 0 saturated carbocycles. The fourth-order valence-corrected chi connectivity index (χ4v) is 3.00. The van der Waals surface area contributed by atoms with E-state index in [0.717, 1.165) is 17.0 Å². The Bertz CT molecular complexity index is 590. The Labute approximate surface area is 131 Å². The van der Waals surface area contributed by atoms with Crippen molar-refractivity contribution in [2.24, 2.45) is 0 Å². The minimum absolute atomic E-state index is 0.0604. The SMILES string of the molecule is CCC(C)NC(=O)CCN(c1ccccc1Cl)S(C)(=O)=O. The molecule has 0 aliphatic heterocycles. The zero-order chi connectivity index (χ0) is 16.0. The van der Waals surface area contributed by atoms with Gasteiger partial charge in [0, 0.05) is 19.0 Å². The van der Waals surface area contributed by atoms with E-state index in [1.807, 2.05) is 13.8 Å². The minimum atomic E-state index is -3.50. The van der Waals surface area contributed by atoms with Gasteiger partial charge in [-0.1, -0.05) is 30.7 Å². The molecule has 1 N–H and O–H groups in total. The molecule has 5 nitrogen and oxygen atoms in total. The number of benzene rings is 1. The maximum Gasteiger partial charge on any atom is 0.232 e. The molecule has 0 heterocycles. The first kappa shape index (κ1) is 17.8. The topological polar surface area (TPSA) is 66.5 Å². The molecule has 1 amide bonds. The van der Waals surface area contributed by atoms with Crippen molar-refractivity contribution >= 4 is 33.2 Å². The average molecular weight is 333 g/mol. The zero-order valence-corrected chi connectivity index (χ0v) is 14.0. The van der Waals surface area contributed by atoms with Crippen molar-refractivity contribution in [3.63, 3.8) is 0 Å². The normalized spacial score (nSPS) is 12.8. The lowest BCUT2D eigenvalue weighted by Crippen LogP contribution is -2.37. The van der Waals surface area contributed by atoms with Crippen LogP contribution >= 0.6 is 11.6 Å². The lowest BCUT2D eigenvalue weighted by molar-refractivity contribution is -0.121. The van der Waals surface area contributed by atoms with Crippen LogP contribution in [0.4, 0.5) is 5.69 Å².